The number of ether oxygens (including phenoxy) is 1. The van der Waals surface area contributed by atoms with Crippen LogP contribution in [-0.2, 0) is 17.7 Å². The number of hydrogen-bond acceptors (Lipinski definition) is 2. The second kappa shape index (κ2) is 6.59. The van der Waals surface area contributed by atoms with Gasteiger partial charge in [0.25, 0.3) is 0 Å². The Morgan fingerprint density at radius 1 is 1.20 bits per heavy atom. The predicted octanol–water partition coefficient (Wildman–Crippen LogP) is 2.37. The summed E-state index contributed by atoms with van der Waals surface area (Å²) in [7, 11) is 1.73. The van der Waals surface area contributed by atoms with E-state index in [-0.39, 0.29) is 0 Å². The van der Waals surface area contributed by atoms with E-state index in [0.29, 0.717) is 6.04 Å². The molecule has 0 amide bonds. The van der Waals surface area contributed by atoms with Crippen LogP contribution < -0.4 is 5.32 Å². The Bertz CT molecular complexity index is 268. The van der Waals surface area contributed by atoms with Crippen LogP contribution in [0.1, 0.15) is 25.0 Å². The predicted molar refractivity (Wildman–Crippen MR) is 64.0 cm³/mol. The summed E-state index contributed by atoms with van der Waals surface area (Å²) >= 11 is 0. The molecule has 0 bridgehead atoms. The summed E-state index contributed by atoms with van der Waals surface area (Å²) in [6.07, 6.45) is 1.10. The zero-order valence-electron chi connectivity index (χ0n) is 9.92. The van der Waals surface area contributed by atoms with Gasteiger partial charge in [-0.25, -0.2) is 0 Å². The van der Waals surface area contributed by atoms with E-state index in [9.17, 15) is 0 Å². The summed E-state index contributed by atoms with van der Waals surface area (Å²) in [4.78, 5) is 0. The van der Waals surface area contributed by atoms with Crippen LogP contribution in [-0.4, -0.2) is 19.8 Å². The van der Waals surface area contributed by atoms with Crippen molar-refractivity contribution in [2.75, 3.05) is 13.7 Å². The minimum absolute atomic E-state index is 0.404. The van der Waals surface area contributed by atoms with E-state index in [0.717, 1.165) is 19.6 Å². The van der Waals surface area contributed by atoms with Crippen LogP contribution in [0.3, 0.4) is 0 Å². The molecular weight excluding hydrogens is 186 g/mol. The summed E-state index contributed by atoms with van der Waals surface area (Å²) in [6.45, 7) is 5.97. The summed E-state index contributed by atoms with van der Waals surface area (Å²) in [5, 5.41) is 3.41. The highest BCUT2D eigenvalue weighted by Gasteiger charge is 2.00. The average Bonchev–Trinajstić information content (AvgIpc) is 2.27. The number of methoxy groups -OCH3 is 1. The van der Waals surface area contributed by atoms with Crippen molar-refractivity contribution in [3.63, 3.8) is 0 Å². The Morgan fingerprint density at radius 2 is 1.80 bits per heavy atom. The van der Waals surface area contributed by atoms with E-state index in [1.165, 1.54) is 11.1 Å². The summed E-state index contributed by atoms with van der Waals surface area (Å²) < 4.78 is 5.07. The summed E-state index contributed by atoms with van der Waals surface area (Å²) in [6, 6.07) is 9.16. The number of nitrogens with one attached hydrogen (secondary N) is 1. The molecule has 0 aromatic heterocycles. The zero-order valence-corrected chi connectivity index (χ0v) is 9.92. The van der Waals surface area contributed by atoms with E-state index in [1.807, 2.05) is 0 Å². The van der Waals surface area contributed by atoms with E-state index in [2.05, 4.69) is 43.4 Å². The van der Waals surface area contributed by atoms with Gasteiger partial charge in [0.1, 0.15) is 0 Å². The third kappa shape index (κ3) is 4.45. The molecule has 0 spiro atoms. The van der Waals surface area contributed by atoms with Crippen molar-refractivity contribution < 1.29 is 4.74 Å². The van der Waals surface area contributed by atoms with E-state index < -0.39 is 0 Å². The molecule has 0 heterocycles. The molecule has 1 aromatic carbocycles. The smallest absolute Gasteiger partial charge is 0.0613 e. The molecule has 1 aromatic rings. The second-order valence-electron chi connectivity index (χ2n) is 3.91. The van der Waals surface area contributed by atoms with Crippen molar-refractivity contribution in [3.8, 4) is 0 Å². The summed E-state index contributed by atoms with van der Waals surface area (Å²) in [5.74, 6) is 0. The molecule has 0 radical (unpaired) electrons. The number of hydrogen-bond donors (Lipinski definition) is 1. The van der Waals surface area contributed by atoms with E-state index in [4.69, 9.17) is 4.74 Å². The monoisotopic (exact) mass is 207 g/mol. The van der Waals surface area contributed by atoms with Gasteiger partial charge in [0, 0.05) is 19.7 Å². The fraction of sp³-hybridized carbons (Fsp3) is 0.538. The Labute approximate surface area is 92.6 Å². The molecule has 0 aliphatic heterocycles. The van der Waals surface area contributed by atoms with Crippen molar-refractivity contribution in [1.82, 2.24) is 5.32 Å². The van der Waals surface area contributed by atoms with Gasteiger partial charge in [-0.15, -0.1) is 0 Å². The van der Waals surface area contributed by atoms with Gasteiger partial charge in [0.15, 0.2) is 0 Å². The van der Waals surface area contributed by atoms with Crippen molar-refractivity contribution in [3.05, 3.63) is 35.4 Å². The lowest BCUT2D eigenvalue weighted by Gasteiger charge is -2.12. The molecule has 1 rings (SSSR count). The van der Waals surface area contributed by atoms with Crippen LogP contribution in [0.5, 0.6) is 0 Å². The molecule has 0 saturated heterocycles. The first kappa shape index (κ1) is 12.2. The Morgan fingerprint density at radius 3 is 2.33 bits per heavy atom. The average molecular weight is 207 g/mol. The van der Waals surface area contributed by atoms with Gasteiger partial charge in [-0.05, 0) is 24.5 Å². The Kier molecular flexibility index (Phi) is 5.37. The number of benzene rings is 1. The molecule has 0 saturated carbocycles. The number of rotatable bonds is 6. The van der Waals surface area contributed by atoms with Crippen LogP contribution in [0.25, 0.3) is 0 Å². The molecule has 0 aliphatic rings. The lowest BCUT2D eigenvalue weighted by Crippen LogP contribution is -2.29. The minimum Gasteiger partial charge on any atom is -0.383 e. The first-order valence-electron chi connectivity index (χ1n) is 5.56. The molecule has 2 heteroatoms. The third-order valence-corrected chi connectivity index (χ3v) is 2.50. The van der Waals surface area contributed by atoms with Gasteiger partial charge in [-0.3, -0.25) is 0 Å². The fourth-order valence-corrected chi connectivity index (χ4v) is 1.49. The largest absolute Gasteiger partial charge is 0.383 e. The van der Waals surface area contributed by atoms with Crippen LogP contribution in [0.4, 0.5) is 0 Å². The Balaban J connectivity index is 2.37. The molecule has 0 fully saturated rings. The van der Waals surface area contributed by atoms with Crippen LogP contribution >= 0.6 is 0 Å². The van der Waals surface area contributed by atoms with Crippen LogP contribution in [0, 0.1) is 0 Å². The molecule has 2 nitrogen and oxygen atoms in total. The maximum absolute atomic E-state index is 5.07. The topological polar surface area (TPSA) is 21.3 Å². The molecule has 84 valence electrons. The second-order valence-corrected chi connectivity index (χ2v) is 3.91. The lowest BCUT2D eigenvalue weighted by atomic mass is 10.1. The highest BCUT2D eigenvalue weighted by atomic mass is 16.5. The maximum Gasteiger partial charge on any atom is 0.0613 e. The Hall–Kier alpha value is -0.860. The summed E-state index contributed by atoms with van der Waals surface area (Å²) in [5.41, 5.74) is 2.72. The SMILES string of the molecule is CCc1ccc(CN[C@H](C)COC)cc1. The zero-order chi connectivity index (χ0) is 11.1. The third-order valence-electron chi connectivity index (χ3n) is 2.50. The van der Waals surface area contributed by atoms with Crippen molar-refractivity contribution in [2.24, 2.45) is 0 Å². The van der Waals surface area contributed by atoms with Crippen molar-refractivity contribution >= 4 is 0 Å². The van der Waals surface area contributed by atoms with Gasteiger partial charge in [0.2, 0.25) is 0 Å². The highest BCUT2D eigenvalue weighted by molar-refractivity contribution is 5.22. The quantitative estimate of drug-likeness (QED) is 0.773. The van der Waals surface area contributed by atoms with Crippen molar-refractivity contribution in [2.45, 2.75) is 32.9 Å². The first-order valence-corrected chi connectivity index (χ1v) is 5.56. The molecule has 15 heavy (non-hydrogen) atoms. The van der Waals surface area contributed by atoms with Crippen LogP contribution in [0.15, 0.2) is 24.3 Å². The fourth-order valence-electron chi connectivity index (χ4n) is 1.49. The minimum atomic E-state index is 0.404. The molecule has 1 atom stereocenters. The normalized spacial score (nSPS) is 12.7. The maximum atomic E-state index is 5.07. The lowest BCUT2D eigenvalue weighted by molar-refractivity contribution is 0.171. The number of aryl methyl sites for hydroxylation is 1. The van der Waals surface area contributed by atoms with E-state index in [1.54, 1.807) is 7.11 Å². The van der Waals surface area contributed by atoms with E-state index >= 15 is 0 Å². The standard InChI is InChI=1S/C13H21NO/c1-4-12-5-7-13(8-6-12)9-14-11(2)10-15-3/h5-8,11,14H,4,9-10H2,1-3H3/t11-/m1/s1. The molecule has 0 aliphatic carbocycles. The highest BCUT2D eigenvalue weighted by Crippen LogP contribution is 2.04. The van der Waals surface area contributed by atoms with Gasteiger partial charge >= 0.3 is 0 Å². The first-order chi connectivity index (χ1) is 7.26. The van der Waals surface area contributed by atoms with Gasteiger partial charge in [-0.1, -0.05) is 31.2 Å². The van der Waals surface area contributed by atoms with Gasteiger partial charge < -0.3 is 10.1 Å². The molecule has 1 N–H and O–H groups in total. The van der Waals surface area contributed by atoms with Gasteiger partial charge in [0.05, 0.1) is 6.61 Å². The van der Waals surface area contributed by atoms with Crippen molar-refractivity contribution in [1.29, 1.82) is 0 Å². The molecule has 0 unspecified atom stereocenters. The van der Waals surface area contributed by atoms with Gasteiger partial charge in [-0.2, -0.15) is 0 Å². The molecular formula is C13H21NO. The van der Waals surface area contributed by atoms with Crippen LogP contribution in [0.2, 0.25) is 0 Å².